The molecule has 0 radical (unpaired) electrons. The zero-order valence-electron chi connectivity index (χ0n) is 10.5. The van der Waals surface area contributed by atoms with Gasteiger partial charge >= 0.3 is 0 Å². The first-order chi connectivity index (χ1) is 9.13. The molecule has 5 nitrogen and oxygen atoms in total. The van der Waals surface area contributed by atoms with E-state index in [1.54, 1.807) is 12.3 Å². The molecule has 3 aromatic rings. The molecular weight excluding hydrogens is 260 g/mol. The summed E-state index contributed by atoms with van der Waals surface area (Å²) in [7, 11) is 0. The van der Waals surface area contributed by atoms with Crippen LogP contribution in [-0.2, 0) is 0 Å². The molecule has 2 N–H and O–H groups in total. The van der Waals surface area contributed by atoms with Crippen molar-refractivity contribution < 1.29 is 4.79 Å². The number of fused-ring (bicyclic) bond motifs is 1. The number of imidazole rings is 1. The topological polar surface area (TPSA) is 70.7 Å². The third-order valence-corrected chi connectivity index (χ3v) is 3.55. The molecular formula is C13H12N4OS. The number of amides is 1. The van der Waals surface area contributed by atoms with Gasteiger partial charge in [0.25, 0.3) is 5.91 Å². The van der Waals surface area contributed by atoms with E-state index in [4.69, 9.17) is 0 Å². The van der Waals surface area contributed by atoms with Crippen LogP contribution in [0.3, 0.4) is 0 Å². The van der Waals surface area contributed by atoms with E-state index in [0.29, 0.717) is 16.2 Å². The maximum Gasteiger partial charge on any atom is 0.259 e. The van der Waals surface area contributed by atoms with Gasteiger partial charge in [0.2, 0.25) is 0 Å². The van der Waals surface area contributed by atoms with E-state index >= 15 is 0 Å². The smallest absolute Gasteiger partial charge is 0.259 e. The number of anilines is 1. The monoisotopic (exact) mass is 272 g/mol. The lowest BCUT2D eigenvalue weighted by atomic mass is 10.2. The third kappa shape index (κ3) is 2.22. The molecule has 3 rings (SSSR count). The fourth-order valence-electron chi connectivity index (χ4n) is 1.92. The molecule has 19 heavy (non-hydrogen) atoms. The summed E-state index contributed by atoms with van der Waals surface area (Å²) in [6.07, 6.45) is 1.74. The van der Waals surface area contributed by atoms with Crippen molar-refractivity contribution in [1.82, 2.24) is 15.0 Å². The summed E-state index contributed by atoms with van der Waals surface area (Å²) < 4.78 is 0. The molecule has 1 amide bonds. The van der Waals surface area contributed by atoms with Crippen molar-refractivity contribution in [3.8, 4) is 0 Å². The van der Waals surface area contributed by atoms with E-state index < -0.39 is 0 Å². The van der Waals surface area contributed by atoms with Crippen LogP contribution in [0.5, 0.6) is 0 Å². The molecule has 0 fully saturated rings. The number of aryl methyl sites for hydroxylation is 2. The van der Waals surface area contributed by atoms with Gasteiger partial charge in [0, 0.05) is 11.1 Å². The van der Waals surface area contributed by atoms with Crippen molar-refractivity contribution in [3.63, 3.8) is 0 Å². The number of rotatable bonds is 2. The average Bonchev–Trinajstić information content (AvgIpc) is 2.93. The number of hydrogen-bond donors (Lipinski definition) is 2. The number of aromatic amines is 1. The van der Waals surface area contributed by atoms with Gasteiger partial charge in [-0.25, -0.2) is 9.97 Å². The zero-order valence-corrected chi connectivity index (χ0v) is 11.3. The fourth-order valence-corrected chi connectivity index (χ4v) is 2.58. The van der Waals surface area contributed by atoms with Crippen LogP contribution in [0.25, 0.3) is 11.0 Å². The standard InChI is InChI=1S/C13H12N4OS/c1-7-6-14-13(19-7)17-12(18)9-4-3-5-10-11(9)16-8(2)15-10/h3-6H,1-2H3,(H,15,16)(H,14,17,18). The minimum Gasteiger partial charge on any atom is -0.342 e. The van der Waals surface area contributed by atoms with Crippen LogP contribution < -0.4 is 5.32 Å². The van der Waals surface area contributed by atoms with Crippen LogP contribution in [0.2, 0.25) is 0 Å². The normalized spacial score (nSPS) is 10.8. The minimum atomic E-state index is -0.188. The van der Waals surface area contributed by atoms with E-state index in [9.17, 15) is 4.79 Å². The van der Waals surface area contributed by atoms with Crippen molar-refractivity contribution >= 4 is 33.4 Å². The SMILES string of the molecule is Cc1nc2c(C(=O)Nc3ncc(C)s3)cccc2[nH]1. The van der Waals surface area contributed by atoms with Crippen LogP contribution in [-0.4, -0.2) is 20.9 Å². The molecule has 0 atom stereocenters. The number of nitrogens with zero attached hydrogens (tertiary/aromatic N) is 2. The first kappa shape index (κ1) is 11.9. The molecule has 0 unspecified atom stereocenters. The van der Waals surface area contributed by atoms with Gasteiger partial charge in [0.1, 0.15) is 11.3 Å². The maximum absolute atomic E-state index is 12.2. The van der Waals surface area contributed by atoms with Gasteiger partial charge in [-0.05, 0) is 26.0 Å². The second-order valence-corrected chi connectivity index (χ2v) is 5.49. The van der Waals surface area contributed by atoms with Crippen molar-refractivity contribution in [1.29, 1.82) is 0 Å². The first-order valence-electron chi connectivity index (χ1n) is 5.82. The van der Waals surface area contributed by atoms with E-state index in [1.165, 1.54) is 11.3 Å². The number of aromatic nitrogens is 3. The van der Waals surface area contributed by atoms with Crippen LogP contribution in [0, 0.1) is 13.8 Å². The average molecular weight is 272 g/mol. The number of para-hydroxylation sites is 1. The Balaban J connectivity index is 1.97. The summed E-state index contributed by atoms with van der Waals surface area (Å²) in [6, 6.07) is 5.50. The number of H-pyrrole nitrogens is 1. The molecule has 96 valence electrons. The molecule has 0 saturated heterocycles. The lowest BCUT2D eigenvalue weighted by molar-refractivity contribution is 0.102. The molecule has 0 bridgehead atoms. The van der Waals surface area contributed by atoms with Gasteiger partial charge in [-0.2, -0.15) is 0 Å². The highest BCUT2D eigenvalue weighted by atomic mass is 32.1. The third-order valence-electron chi connectivity index (χ3n) is 2.72. The largest absolute Gasteiger partial charge is 0.342 e. The van der Waals surface area contributed by atoms with E-state index in [0.717, 1.165) is 16.2 Å². The van der Waals surface area contributed by atoms with E-state index in [2.05, 4.69) is 20.3 Å². The van der Waals surface area contributed by atoms with Crippen LogP contribution in [0.4, 0.5) is 5.13 Å². The second-order valence-electron chi connectivity index (χ2n) is 4.25. The van der Waals surface area contributed by atoms with Crippen LogP contribution >= 0.6 is 11.3 Å². The van der Waals surface area contributed by atoms with Gasteiger partial charge < -0.3 is 4.98 Å². The Morgan fingerprint density at radius 3 is 2.95 bits per heavy atom. The Kier molecular flexibility index (Phi) is 2.79. The van der Waals surface area contributed by atoms with Gasteiger partial charge in [0.05, 0.1) is 11.1 Å². The van der Waals surface area contributed by atoms with Crippen LogP contribution in [0.1, 0.15) is 21.1 Å². The predicted molar refractivity (Wildman–Crippen MR) is 75.6 cm³/mol. The Morgan fingerprint density at radius 2 is 2.21 bits per heavy atom. The van der Waals surface area contributed by atoms with Crippen molar-refractivity contribution in [2.45, 2.75) is 13.8 Å². The molecule has 1 aromatic carbocycles. The number of benzene rings is 1. The van der Waals surface area contributed by atoms with E-state index in [-0.39, 0.29) is 5.91 Å². The molecule has 0 aliphatic rings. The van der Waals surface area contributed by atoms with Crippen molar-refractivity contribution in [2.24, 2.45) is 0 Å². The molecule has 6 heteroatoms. The van der Waals surface area contributed by atoms with Crippen molar-refractivity contribution in [3.05, 3.63) is 40.7 Å². The molecule has 0 saturated carbocycles. The highest BCUT2D eigenvalue weighted by molar-refractivity contribution is 7.15. The number of carbonyl (C=O) groups is 1. The maximum atomic E-state index is 12.2. The summed E-state index contributed by atoms with van der Waals surface area (Å²) in [5.74, 6) is 0.604. The predicted octanol–water partition coefficient (Wildman–Crippen LogP) is 2.89. The zero-order chi connectivity index (χ0) is 13.4. The highest BCUT2D eigenvalue weighted by Crippen LogP contribution is 2.20. The first-order valence-corrected chi connectivity index (χ1v) is 6.64. The summed E-state index contributed by atoms with van der Waals surface area (Å²) >= 11 is 1.45. The quantitative estimate of drug-likeness (QED) is 0.753. The lowest BCUT2D eigenvalue weighted by Crippen LogP contribution is -2.12. The fraction of sp³-hybridized carbons (Fsp3) is 0.154. The number of hydrogen-bond acceptors (Lipinski definition) is 4. The Labute approximate surface area is 113 Å². The summed E-state index contributed by atoms with van der Waals surface area (Å²) in [5.41, 5.74) is 2.10. The molecule has 2 heterocycles. The summed E-state index contributed by atoms with van der Waals surface area (Å²) in [5, 5.41) is 3.40. The van der Waals surface area contributed by atoms with Crippen LogP contribution in [0.15, 0.2) is 24.4 Å². The minimum absolute atomic E-state index is 0.188. The molecule has 0 aliphatic carbocycles. The highest BCUT2D eigenvalue weighted by Gasteiger charge is 2.14. The Hall–Kier alpha value is -2.21. The van der Waals surface area contributed by atoms with Gasteiger partial charge in [0.15, 0.2) is 5.13 Å². The summed E-state index contributed by atoms with van der Waals surface area (Å²) in [4.78, 5) is 24.9. The second kappa shape index (κ2) is 4.47. The Morgan fingerprint density at radius 1 is 1.37 bits per heavy atom. The van der Waals surface area contributed by atoms with Gasteiger partial charge in [-0.1, -0.05) is 6.07 Å². The Bertz CT molecular complexity index is 759. The lowest BCUT2D eigenvalue weighted by Gasteiger charge is -2.02. The van der Waals surface area contributed by atoms with Gasteiger partial charge in [-0.3, -0.25) is 10.1 Å². The number of carbonyl (C=O) groups excluding carboxylic acids is 1. The van der Waals surface area contributed by atoms with E-state index in [1.807, 2.05) is 26.0 Å². The molecule has 0 spiro atoms. The molecule has 2 aromatic heterocycles. The number of thiazole rings is 1. The summed E-state index contributed by atoms with van der Waals surface area (Å²) in [6.45, 7) is 3.82. The number of nitrogens with one attached hydrogen (secondary N) is 2. The molecule has 0 aliphatic heterocycles. The van der Waals surface area contributed by atoms with Gasteiger partial charge in [-0.15, -0.1) is 11.3 Å². The van der Waals surface area contributed by atoms with Crippen molar-refractivity contribution in [2.75, 3.05) is 5.32 Å².